The second kappa shape index (κ2) is 8.47. The van der Waals surface area contributed by atoms with Gasteiger partial charge in [0.15, 0.2) is 5.65 Å². The van der Waals surface area contributed by atoms with Crippen LogP contribution in [0.1, 0.15) is 25.7 Å². The van der Waals surface area contributed by atoms with E-state index in [1.54, 1.807) is 0 Å². The van der Waals surface area contributed by atoms with E-state index in [9.17, 15) is 4.79 Å². The molecule has 2 bridgehead atoms. The van der Waals surface area contributed by atoms with E-state index in [0.29, 0.717) is 18.8 Å². The first-order valence-electron chi connectivity index (χ1n) is 10.6. The van der Waals surface area contributed by atoms with Gasteiger partial charge in [-0.15, -0.1) is 0 Å². The second-order valence-corrected chi connectivity index (χ2v) is 16.1. The fraction of sp³-hybridized carbons (Fsp3) is 0.650. The van der Waals surface area contributed by atoms with Crippen LogP contribution in [0.3, 0.4) is 0 Å². The first-order valence-corrected chi connectivity index (χ1v) is 15.1. The number of carboxylic acid groups (broad SMARTS) is 1. The zero-order valence-corrected chi connectivity index (χ0v) is 20.4. The minimum absolute atomic E-state index is 0.0192. The third-order valence-electron chi connectivity index (χ3n) is 6.06. The molecule has 1 amide bonds. The maximum Gasteiger partial charge on any atom is 0.404 e. The molecule has 2 fully saturated rings. The molecule has 2 aromatic heterocycles. The van der Waals surface area contributed by atoms with Gasteiger partial charge in [0.25, 0.3) is 0 Å². The Bertz CT molecular complexity index is 917. The second-order valence-electron chi connectivity index (χ2n) is 9.61. The van der Waals surface area contributed by atoms with Gasteiger partial charge in [0.05, 0.1) is 10.7 Å². The summed E-state index contributed by atoms with van der Waals surface area (Å²) >= 11 is 3.60. The number of nitrogens with one attached hydrogen (secondary N) is 1. The minimum atomic E-state index is -1.12. The quantitative estimate of drug-likeness (QED) is 0.439. The van der Waals surface area contributed by atoms with Crippen LogP contribution in [0.15, 0.2) is 16.9 Å². The number of carbonyl (C=O) groups is 1. The van der Waals surface area contributed by atoms with Gasteiger partial charge in [-0.05, 0) is 47.7 Å². The van der Waals surface area contributed by atoms with Gasteiger partial charge < -0.3 is 24.6 Å². The van der Waals surface area contributed by atoms with Crippen molar-refractivity contribution in [2.24, 2.45) is 0 Å². The number of piperidine rings is 1. The Hall–Kier alpha value is -1.65. The molecular weight excluding hydrogens is 466 g/mol. The van der Waals surface area contributed by atoms with Crippen LogP contribution in [0.5, 0.6) is 0 Å². The summed E-state index contributed by atoms with van der Waals surface area (Å²) in [7, 11) is -1.12. The Morgan fingerprint density at radius 1 is 1.33 bits per heavy atom. The third kappa shape index (κ3) is 4.65. The number of fused-ring (bicyclic) bond motifs is 3. The molecule has 0 spiro atoms. The van der Waals surface area contributed by atoms with Crippen LogP contribution in [-0.2, 0) is 11.5 Å². The van der Waals surface area contributed by atoms with Gasteiger partial charge in [0.2, 0.25) is 0 Å². The predicted molar refractivity (Wildman–Crippen MR) is 123 cm³/mol. The first-order chi connectivity index (χ1) is 14.2. The van der Waals surface area contributed by atoms with E-state index in [-0.39, 0.29) is 6.04 Å². The van der Waals surface area contributed by atoms with E-state index in [1.165, 1.54) is 0 Å². The molecule has 2 saturated heterocycles. The highest BCUT2D eigenvalue weighted by molar-refractivity contribution is 9.10. The highest BCUT2D eigenvalue weighted by atomic mass is 79.9. The number of hydrogen-bond acceptors (Lipinski definition) is 5. The lowest BCUT2D eigenvalue weighted by Gasteiger charge is -2.39. The normalized spacial score (nSPS) is 23.9. The average molecular weight is 496 g/mol. The van der Waals surface area contributed by atoms with Crippen molar-refractivity contribution in [2.45, 2.75) is 76.2 Å². The summed E-state index contributed by atoms with van der Waals surface area (Å²) in [5.74, 6) is 0.873. The van der Waals surface area contributed by atoms with Gasteiger partial charge in [-0.3, -0.25) is 0 Å². The number of hydrogen-bond donors (Lipinski definition) is 2. The lowest BCUT2D eigenvalue weighted by atomic mass is 9.97. The van der Waals surface area contributed by atoms with Gasteiger partial charge in [0.1, 0.15) is 18.1 Å². The molecule has 2 aliphatic heterocycles. The zero-order valence-electron chi connectivity index (χ0n) is 17.8. The van der Waals surface area contributed by atoms with Crippen LogP contribution >= 0.6 is 15.9 Å². The first kappa shape index (κ1) is 21.6. The van der Waals surface area contributed by atoms with E-state index in [1.807, 2.05) is 17.0 Å². The maximum atomic E-state index is 11.0. The molecule has 4 rings (SSSR count). The van der Waals surface area contributed by atoms with Crippen molar-refractivity contribution >= 4 is 47.1 Å². The smallest absolute Gasteiger partial charge is 0.404 e. The summed E-state index contributed by atoms with van der Waals surface area (Å²) in [5, 5.41) is 11.7. The summed E-state index contributed by atoms with van der Waals surface area (Å²) in [6.45, 7) is 8.26. The highest BCUT2D eigenvalue weighted by Gasteiger charge is 2.42. The van der Waals surface area contributed by atoms with Gasteiger partial charge in [-0.2, -0.15) is 0 Å². The van der Waals surface area contributed by atoms with Crippen LogP contribution in [0.4, 0.5) is 10.6 Å². The van der Waals surface area contributed by atoms with Crippen LogP contribution in [0.2, 0.25) is 25.7 Å². The summed E-state index contributed by atoms with van der Waals surface area (Å²) < 4.78 is 8.87. The van der Waals surface area contributed by atoms with E-state index >= 15 is 0 Å². The fourth-order valence-electron chi connectivity index (χ4n) is 4.61. The summed E-state index contributed by atoms with van der Waals surface area (Å²) in [6, 6.07) is 1.75. The molecule has 30 heavy (non-hydrogen) atoms. The van der Waals surface area contributed by atoms with Crippen molar-refractivity contribution in [1.82, 2.24) is 19.9 Å². The van der Waals surface area contributed by atoms with E-state index < -0.39 is 14.2 Å². The van der Waals surface area contributed by atoms with Crippen molar-refractivity contribution in [3.63, 3.8) is 0 Å². The molecule has 8 nitrogen and oxygen atoms in total. The van der Waals surface area contributed by atoms with Gasteiger partial charge in [0, 0.05) is 39.0 Å². The van der Waals surface area contributed by atoms with Gasteiger partial charge in [-0.25, -0.2) is 14.8 Å². The van der Waals surface area contributed by atoms with Crippen molar-refractivity contribution < 1.29 is 14.6 Å². The third-order valence-corrected chi connectivity index (χ3v) is 8.35. The van der Waals surface area contributed by atoms with Crippen LogP contribution in [-0.4, -0.2) is 58.5 Å². The molecule has 10 heteroatoms. The SMILES string of the molecule is C[Si](C)(C)CCOCn1cc(Br)c2ncc(N3[C@@H]4CC[C@H]3C[C@@H](NC(=O)O)C4)nc21. The minimum Gasteiger partial charge on any atom is -0.465 e. The lowest BCUT2D eigenvalue weighted by Crippen LogP contribution is -2.50. The molecule has 0 aromatic carbocycles. The average Bonchev–Trinajstić information content (AvgIpc) is 3.11. The number of halogens is 1. The molecule has 2 aliphatic rings. The largest absolute Gasteiger partial charge is 0.465 e. The molecule has 0 unspecified atom stereocenters. The molecule has 3 atom stereocenters. The molecule has 164 valence electrons. The van der Waals surface area contributed by atoms with Gasteiger partial charge in [-0.1, -0.05) is 19.6 Å². The van der Waals surface area contributed by atoms with Crippen molar-refractivity contribution in [3.8, 4) is 0 Å². The topological polar surface area (TPSA) is 92.5 Å². The number of nitrogens with zero attached hydrogens (tertiary/aromatic N) is 4. The molecule has 2 N–H and O–H groups in total. The summed E-state index contributed by atoms with van der Waals surface area (Å²) in [5.41, 5.74) is 1.65. The Morgan fingerprint density at radius 2 is 2.03 bits per heavy atom. The zero-order chi connectivity index (χ0) is 21.5. The van der Waals surface area contributed by atoms with E-state index in [2.05, 4.69) is 50.8 Å². The summed E-state index contributed by atoms with van der Waals surface area (Å²) in [4.78, 5) is 23.0. The lowest BCUT2D eigenvalue weighted by molar-refractivity contribution is 0.0898. The molecule has 4 heterocycles. The highest BCUT2D eigenvalue weighted by Crippen LogP contribution is 2.39. The van der Waals surface area contributed by atoms with Crippen LogP contribution in [0.25, 0.3) is 11.2 Å². The molecular formula is C20H30BrN5O3Si. The number of aromatic nitrogens is 3. The number of ether oxygens (including phenoxy) is 1. The van der Waals surface area contributed by atoms with Gasteiger partial charge >= 0.3 is 6.09 Å². The van der Waals surface area contributed by atoms with E-state index in [4.69, 9.17) is 14.8 Å². The number of anilines is 1. The number of amides is 1. The van der Waals surface area contributed by atoms with Crippen LogP contribution in [0, 0.1) is 0 Å². The molecule has 0 radical (unpaired) electrons. The Balaban J connectivity index is 1.51. The monoisotopic (exact) mass is 495 g/mol. The van der Waals surface area contributed by atoms with Crippen molar-refractivity contribution in [1.29, 1.82) is 0 Å². The van der Waals surface area contributed by atoms with Crippen molar-refractivity contribution in [2.75, 3.05) is 11.5 Å². The Morgan fingerprint density at radius 3 is 2.67 bits per heavy atom. The molecule has 2 aromatic rings. The predicted octanol–water partition coefficient (Wildman–Crippen LogP) is 4.27. The Labute approximate surface area is 186 Å². The van der Waals surface area contributed by atoms with Crippen LogP contribution < -0.4 is 10.2 Å². The maximum absolute atomic E-state index is 11.0. The fourth-order valence-corrected chi connectivity index (χ4v) is 5.89. The molecule has 0 saturated carbocycles. The standard InChI is InChI=1S/C20H30BrN5O3Si/c1-30(2,3)7-6-29-12-25-11-16(21)18-19(25)24-17(10-22-18)26-14-4-5-15(26)9-13(8-14)23-20(27)28/h10-11,13-15,23H,4-9,12H2,1-3H3,(H,27,28)/t13-,14+,15-. The van der Waals surface area contributed by atoms with E-state index in [0.717, 1.165) is 59.8 Å². The number of rotatable bonds is 7. The summed E-state index contributed by atoms with van der Waals surface area (Å²) in [6.07, 6.45) is 6.64. The van der Waals surface area contributed by atoms with Crippen molar-refractivity contribution in [3.05, 3.63) is 16.9 Å². The molecule has 0 aliphatic carbocycles. The Kier molecular flexibility index (Phi) is 6.09.